The summed E-state index contributed by atoms with van der Waals surface area (Å²) in [5, 5.41) is 17.8. The first-order valence-corrected chi connectivity index (χ1v) is 7.72. The molecular formula is C14H14ClN3O3S. The van der Waals surface area contributed by atoms with Crippen molar-refractivity contribution in [2.75, 3.05) is 0 Å². The molecule has 1 unspecified atom stereocenters. The third kappa shape index (κ3) is 3.86. The normalized spacial score (nSPS) is 12.1. The van der Waals surface area contributed by atoms with Crippen LogP contribution < -0.4 is 0 Å². The van der Waals surface area contributed by atoms with Gasteiger partial charge in [0.1, 0.15) is 12.3 Å². The van der Waals surface area contributed by atoms with Crippen molar-refractivity contribution in [3.8, 4) is 11.4 Å². The molecule has 8 heteroatoms. The van der Waals surface area contributed by atoms with E-state index < -0.39 is 5.97 Å². The van der Waals surface area contributed by atoms with E-state index in [0.717, 1.165) is 0 Å². The van der Waals surface area contributed by atoms with E-state index in [1.165, 1.54) is 23.3 Å². The molecule has 22 heavy (non-hydrogen) atoms. The lowest BCUT2D eigenvalue weighted by Gasteiger charge is -2.10. The van der Waals surface area contributed by atoms with Crippen molar-refractivity contribution in [3.05, 3.63) is 29.3 Å². The molecule has 0 radical (unpaired) electrons. The average Bonchev–Trinajstić information content (AvgIpc) is 2.82. The highest BCUT2D eigenvalue weighted by Gasteiger charge is 2.20. The number of ketones is 1. The summed E-state index contributed by atoms with van der Waals surface area (Å²) < 4.78 is 1.48. The highest BCUT2D eigenvalue weighted by Crippen LogP contribution is 2.27. The van der Waals surface area contributed by atoms with Gasteiger partial charge in [0.25, 0.3) is 0 Å². The first-order valence-electron chi connectivity index (χ1n) is 6.46. The maximum Gasteiger partial charge on any atom is 0.323 e. The van der Waals surface area contributed by atoms with E-state index in [4.69, 9.17) is 16.7 Å². The number of benzene rings is 1. The van der Waals surface area contributed by atoms with Crippen LogP contribution in [0.25, 0.3) is 11.4 Å². The van der Waals surface area contributed by atoms with E-state index in [9.17, 15) is 9.59 Å². The Bertz CT molecular complexity index is 700. The van der Waals surface area contributed by atoms with Crippen molar-refractivity contribution in [3.63, 3.8) is 0 Å². The highest BCUT2D eigenvalue weighted by atomic mass is 35.5. The second-order valence-corrected chi connectivity index (χ2v) is 6.41. The molecule has 0 saturated carbocycles. The van der Waals surface area contributed by atoms with Crippen LogP contribution in [-0.2, 0) is 16.1 Å². The lowest BCUT2D eigenvalue weighted by Crippen LogP contribution is -2.14. The first-order chi connectivity index (χ1) is 10.4. The van der Waals surface area contributed by atoms with Gasteiger partial charge in [-0.2, -0.15) is 0 Å². The zero-order valence-electron chi connectivity index (χ0n) is 12.0. The molecule has 1 atom stereocenters. The largest absolute Gasteiger partial charge is 0.480 e. The SMILES string of the molecule is CC(=O)C(C)Sc1nnc(-c2ccc(Cl)cc2)n1CC(=O)O. The summed E-state index contributed by atoms with van der Waals surface area (Å²) in [4.78, 5) is 22.5. The lowest BCUT2D eigenvalue weighted by atomic mass is 10.2. The molecule has 0 fully saturated rings. The molecule has 0 aliphatic carbocycles. The van der Waals surface area contributed by atoms with Crippen molar-refractivity contribution in [1.29, 1.82) is 0 Å². The Morgan fingerprint density at radius 2 is 1.95 bits per heavy atom. The molecule has 0 bridgehead atoms. The molecule has 0 aliphatic rings. The van der Waals surface area contributed by atoms with Crippen LogP contribution in [0.3, 0.4) is 0 Å². The number of hydrogen-bond donors (Lipinski definition) is 1. The fourth-order valence-corrected chi connectivity index (χ4v) is 2.68. The van der Waals surface area contributed by atoms with Gasteiger partial charge in [0.15, 0.2) is 11.0 Å². The zero-order valence-corrected chi connectivity index (χ0v) is 13.6. The van der Waals surface area contributed by atoms with E-state index in [1.54, 1.807) is 31.2 Å². The van der Waals surface area contributed by atoms with Crippen LogP contribution in [0.15, 0.2) is 29.4 Å². The number of halogens is 1. The van der Waals surface area contributed by atoms with Crippen molar-refractivity contribution in [2.24, 2.45) is 0 Å². The van der Waals surface area contributed by atoms with Gasteiger partial charge in [0.05, 0.1) is 5.25 Å². The Labute approximate surface area is 136 Å². The molecule has 0 amide bonds. The molecule has 1 N–H and O–H groups in total. The van der Waals surface area contributed by atoms with Crippen molar-refractivity contribution < 1.29 is 14.7 Å². The second kappa shape index (κ2) is 6.93. The van der Waals surface area contributed by atoms with Crippen molar-refractivity contribution in [1.82, 2.24) is 14.8 Å². The van der Waals surface area contributed by atoms with E-state index >= 15 is 0 Å². The van der Waals surface area contributed by atoms with Crippen LogP contribution in [0.2, 0.25) is 5.02 Å². The maximum atomic E-state index is 11.4. The number of carbonyl (C=O) groups excluding carboxylic acids is 1. The van der Waals surface area contributed by atoms with Crippen molar-refractivity contribution in [2.45, 2.75) is 30.8 Å². The first kappa shape index (κ1) is 16.5. The van der Waals surface area contributed by atoms with Gasteiger partial charge in [0.2, 0.25) is 0 Å². The van der Waals surface area contributed by atoms with E-state index in [-0.39, 0.29) is 17.6 Å². The Kier molecular flexibility index (Phi) is 5.20. The van der Waals surface area contributed by atoms with Crippen LogP contribution in [-0.4, -0.2) is 36.9 Å². The fourth-order valence-electron chi connectivity index (χ4n) is 1.71. The van der Waals surface area contributed by atoms with Gasteiger partial charge in [-0.3, -0.25) is 14.2 Å². The predicted molar refractivity (Wildman–Crippen MR) is 84.1 cm³/mol. The molecule has 116 valence electrons. The van der Waals surface area contributed by atoms with Gasteiger partial charge in [-0.1, -0.05) is 23.4 Å². The van der Waals surface area contributed by atoms with Gasteiger partial charge < -0.3 is 5.11 Å². The summed E-state index contributed by atoms with van der Waals surface area (Å²) in [6.07, 6.45) is 0. The highest BCUT2D eigenvalue weighted by molar-refractivity contribution is 8.00. The number of aliphatic carboxylic acids is 1. The minimum Gasteiger partial charge on any atom is -0.480 e. The van der Waals surface area contributed by atoms with E-state index in [1.807, 2.05) is 0 Å². The second-order valence-electron chi connectivity index (χ2n) is 4.66. The Hall–Kier alpha value is -1.86. The minimum absolute atomic E-state index is 0.0112. The average molecular weight is 340 g/mol. The summed E-state index contributed by atoms with van der Waals surface area (Å²) in [7, 11) is 0. The summed E-state index contributed by atoms with van der Waals surface area (Å²) in [5.74, 6) is -0.590. The smallest absolute Gasteiger partial charge is 0.323 e. The molecule has 0 saturated heterocycles. The van der Waals surface area contributed by atoms with Gasteiger partial charge in [-0.15, -0.1) is 10.2 Å². The van der Waals surface area contributed by atoms with Crippen LogP contribution in [0.4, 0.5) is 0 Å². The van der Waals surface area contributed by atoms with Gasteiger partial charge in [-0.25, -0.2) is 0 Å². The van der Waals surface area contributed by atoms with Gasteiger partial charge in [-0.05, 0) is 38.1 Å². The number of aromatic nitrogens is 3. The molecule has 2 rings (SSSR count). The number of carboxylic acid groups (broad SMARTS) is 1. The van der Waals surface area contributed by atoms with Crippen molar-refractivity contribution >= 4 is 35.1 Å². The molecule has 0 spiro atoms. The Balaban J connectivity index is 2.41. The Morgan fingerprint density at radius 1 is 1.32 bits per heavy atom. The summed E-state index contributed by atoms with van der Waals surface area (Å²) in [6.45, 7) is 2.95. The van der Waals surface area contributed by atoms with E-state index in [2.05, 4.69) is 10.2 Å². The number of carbonyl (C=O) groups is 2. The molecule has 1 heterocycles. The fraction of sp³-hybridized carbons (Fsp3) is 0.286. The predicted octanol–water partition coefficient (Wildman–Crippen LogP) is 2.75. The van der Waals surface area contributed by atoms with Gasteiger partial charge in [0, 0.05) is 10.6 Å². The molecule has 6 nitrogen and oxygen atoms in total. The third-order valence-electron chi connectivity index (χ3n) is 2.97. The zero-order chi connectivity index (χ0) is 16.3. The monoisotopic (exact) mass is 339 g/mol. The number of hydrogen-bond acceptors (Lipinski definition) is 5. The molecule has 1 aromatic carbocycles. The number of Topliss-reactive ketones (excluding diaryl/α,β-unsaturated/α-hetero) is 1. The van der Waals surface area contributed by atoms with Crippen LogP contribution in [0.1, 0.15) is 13.8 Å². The lowest BCUT2D eigenvalue weighted by molar-refractivity contribution is -0.137. The summed E-state index contributed by atoms with van der Waals surface area (Å²) in [5.41, 5.74) is 0.709. The molecule has 0 aliphatic heterocycles. The number of thioether (sulfide) groups is 1. The standard InChI is InChI=1S/C14H14ClN3O3S/c1-8(19)9(2)22-14-17-16-13(18(14)7-12(20)21)10-3-5-11(15)6-4-10/h3-6,9H,7H2,1-2H3,(H,20,21). The molecular weight excluding hydrogens is 326 g/mol. The van der Waals surface area contributed by atoms with Crippen LogP contribution in [0.5, 0.6) is 0 Å². The number of carboxylic acids is 1. The number of nitrogens with zero attached hydrogens (tertiary/aromatic N) is 3. The molecule has 1 aromatic heterocycles. The summed E-state index contributed by atoms with van der Waals surface area (Å²) in [6, 6.07) is 6.88. The van der Waals surface area contributed by atoms with E-state index in [0.29, 0.717) is 21.6 Å². The Morgan fingerprint density at radius 3 is 2.50 bits per heavy atom. The number of rotatable bonds is 6. The van der Waals surface area contributed by atoms with Gasteiger partial charge >= 0.3 is 5.97 Å². The topological polar surface area (TPSA) is 85.1 Å². The maximum absolute atomic E-state index is 11.4. The van der Waals surface area contributed by atoms with Crippen LogP contribution >= 0.6 is 23.4 Å². The summed E-state index contributed by atoms with van der Waals surface area (Å²) >= 11 is 7.04. The molecule has 2 aromatic rings. The quantitative estimate of drug-likeness (QED) is 0.814. The third-order valence-corrected chi connectivity index (χ3v) is 4.42. The van der Waals surface area contributed by atoms with Crippen LogP contribution in [0, 0.1) is 0 Å². The minimum atomic E-state index is -1.01.